The molecule has 3 aliphatic carbocycles. The second kappa shape index (κ2) is 7.65. The Morgan fingerprint density at radius 3 is 2.46 bits per heavy atom. The number of carbonyl (C=O) groups is 1. The summed E-state index contributed by atoms with van der Waals surface area (Å²) in [5.41, 5.74) is 5.94. The average molecular weight is 387 g/mol. The van der Waals surface area contributed by atoms with Crippen LogP contribution in [0.15, 0.2) is 22.8 Å². The molecule has 0 aliphatic heterocycles. The Kier molecular flexibility index (Phi) is 5.92. The van der Waals surface area contributed by atoms with Gasteiger partial charge in [0.1, 0.15) is 0 Å². The van der Waals surface area contributed by atoms with E-state index in [-0.39, 0.29) is 11.4 Å². The third-order valence-electron chi connectivity index (χ3n) is 9.17. The Labute approximate surface area is 173 Å². The quantitative estimate of drug-likeness (QED) is 0.289. The van der Waals surface area contributed by atoms with Gasteiger partial charge >= 0.3 is 5.97 Å². The Hall–Kier alpha value is -1.05. The molecule has 3 aliphatic rings. The molecule has 158 valence electrons. The Bertz CT molecular complexity index is 683. The fourth-order valence-corrected chi connectivity index (χ4v) is 7.21. The van der Waals surface area contributed by atoms with Crippen molar-refractivity contribution in [1.29, 1.82) is 0 Å². The number of fused-ring (bicyclic) bond motifs is 2. The van der Waals surface area contributed by atoms with Gasteiger partial charge in [0.05, 0.1) is 7.11 Å². The second-order valence-corrected chi connectivity index (χ2v) is 11.2. The van der Waals surface area contributed by atoms with Crippen molar-refractivity contribution < 1.29 is 9.53 Å². The summed E-state index contributed by atoms with van der Waals surface area (Å²) in [4.78, 5) is 11.6. The van der Waals surface area contributed by atoms with Gasteiger partial charge in [0, 0.05) is 6.08 Å². The molecule has 0 radical (unpaired) electrons. The molecule has 0 heterocycles. The van der Waals surface area contributed by atoms with Gasteiger partial charge in [0.25, 0.3) is 0 Å². The number of hydrogen-bond acceptors (Lipinski definition) is 2. The molecule has 1 unspecified atom stereocenters. The summed E-state index contributed by atoms with van der Waals surface area (Å²) >= 11 is 0. The molecule has 1 saturated carbocycles. The molecule has 0 aromatic heterocycles. The highest BCUT2D eigenvalue weighted by atomic mass is 16.5. The third-order valence-corrected chi connectivity index (χ3v) is 9.17. The van der Waals surface area contributed by atoms with Crippen molar-refractivity contribution in [2.24, 2.45) is 28.1 Å². The van der Waals surface area contributed by atoms with Crippen LogP contribution in [-0.2, 0) is 9.53 Å². The Morgan fingerprint density at radius 2 is 1.79 bits per heavy atom. The lowest BCUT2D eigenvalue weighted by Gasteiger charge is -2.59. The molecule has 0 N–H and O–H groups in total. The average Bonchev–Trinajstić information content (AvgIpc) is 2.62. The monoisotopic (exact) mass is 386 g/mol. The SMILES string of the molecule is COC(=O)/C=C(\C)CC[C@]1(C)C2=C(CCC1C)[C@@]1(C)CCCC(C)(C)[C@H]1CC2. The number of allylic oxidation sites excluding steroid dienone is 3. The zero-order valence-electron chi connectivity index (χ0n) is 19.4. The number of hydrogen-bond donors (Lipinski definition) is 0. The highest BCUT2D eigenvalue weighted by molar-refractivity contribution is 5.82. The lowest BCUT2D eigenvalue weighted by atomic mass is 9.46. The predicted molar refractivity (Wildman–Crippen MR) is 117 cm³/mol. The van der Waals surface area contributed by atoms with Crippen LogP contribution in [0.2, 0.25) is 0 Å². The van der Waals surface area contributed by atoms with Crippen LogP contribution in [0.4, 0.5) is 0 Å². The fraction of sp³-hybridized carbons (Fsp3) is 0.808. The van der Waals surface area contributed by atoms with Crippen molar-refractivity contribution in [3.8, 4) is 0 Å². The molecule has 1 fully saturated rings. The molecule has 28 heavy (non-hydrogen) atoms. The molecule has 4 atom stereocenters. The number of carbonyl (C=O) groups excluding carboxylic acids is 1. The van der Waals surface area contributed by atoms with Crippen LogP contribution in [0.1, 0.15) is 99.3 Å². The molecule has 3 rings (SSSR count). The number of rotatable bonds is 4. The van der Waals surface area contributed by atoms with Gasteiger partial charge in [0.2, 0.25) is 0 Å². The van der Waals surface area contributed by atoms with Crippen LogP contribution >= 0.6 is 0 Å². The highest BCUT2D eigenvalue weighted by Crippen LogP contribution is 2.65. The number of methoxy groups -OCH3 is 1. The van der Waals surface area contributed by atoms with Crippen LogP contribution in [0.5, 0.6) is 0 Å². The van der Waals surface area contributed by atoms with E-state index in [1.807, 2.05) is 5.57 Å². The summed E-state index contributed by atoms with van der Waals surface area (Å²) in [6, 6.07) is 0. The molecule has 2 heteroatoms. The van der Waals surface area contributed by atoms with E-state index in [1.54, 1.807) is 11.6 Å². The van der Waals surface area contributed by atoms with Crippen molar-refractivity contribution in [1.82, 2.24) is 0 Å². The van der Waals surface area contributed by atoms with E-state index in [1.165, 1.54) is 52.1 Å². The first-order valence-electron chi connectivity index (χ1n) is 11.5. The minimum absolute atomic E-state index is 0.225. The fourth-order valence-electron chi connectivity index (χ4n) is 7.21. The maximum atomic E-state index is 11.6. The summed E-state index contributed by atoms with van der Waals surface area (Å²) in [5.74, 6) is 1.33. The van der Waals surface area contributed by atoms with E-state index >= 15 is 0 Å². The van der Waals surface area contributed by atoms with Crippen molar-refractivity contribution in [2.75, 3.05) is 7.11 Å². The molecule has 0 saturated heterocycles. The molecular weight excluding hydrogens is 344 g/mol. The lowest BCUT2D eigenvalue weighted by molar-refractivity contribution is -0.134. The van der Waals surface area contributed by atoms with Gasteiger partial charge in [-0.15, -0.1) is 0 Å². The van der Waals surface area contributed by atoms with Crippen molar-refractivity contribution >= 4 is 5.97 Å². The van der Waals surface area contributed by atoms with Crippen LogP contribution in [0.3, 0.4) is 0 Å². The van der Waals surface area contributed by atoms with E-state index in [2.05, 4.69) is 41.5 Å². The first-order valence-corrected chi connectivity index (χ1v) is 11.5. The van der Waals surface area contributed by atoms with E-state index in [0.717, 1.165) is 24.3 Å². The first kappa shape index (κ1) is 21.7. The minimum atomic E-state index is -0.225. The normalized spacial score (nSPS) is 37.9. The summed E-state index contributed by atoms with van der Waals surface area (Å²) in [6.07, 6.45) is 13.2. The standard InChI is InChI=1S/C26H42O2/c1-18(17-23(27)28-7)13-16-25(5)19(2)9-10-21-20(25)11-12-22-24(3,4)14-8-15-26(21,22)6/h17,19,22H,8-16H2,1-7H3/b18-17+/t19?,22-,25+,26-/m1/s1. The van der Waals surface area contributed by atoms with Crippen LogP contribution in [0.25, 0.3) is 0 Å². The molecule has 0 aromatic rings. The van der Waals surface area contributed by atoms with Gasteiger partial charge in [-0.05, 0) is 86.4 Å². The van der Waals surface area contributed by atoms with Gasteiger partial charge in [-0.1, -0.05) is 57.8 Å². The van der Waals surface area contributed by atoms with E-state index < -0.39 is 0 Å². The first-order chi connectivity index (χ1) is 13.0. The number of esters is 1. The summed E-state index contributed by atoms with van der Waals surface area (Å²) < 4.78 is 4.81. The topological polar surface area (TPSA) is 26.3 Å². The molecule has 0 spiro atoms. The summed E-state index contributed by atoms with van der Waals surface area (Å²) in [6.45, 7) is 14.7. The van der Waals surface area contributed by atoms with Gasteiger partial charge < -0.3 is 4.74 Å². The van der Waals surface area contributed by atoms with Crippen molar-refractivity contribution in [3.05, 3.63) is 22.8 Å². The highest BCUT2D eigenvalue weighted by Gasteiger charge is 2.54. The zero-order valence-corrected chi connectivity index (χ0v) is 19.4. The lowest BCUT2D eigenvalue weighted by Crippen LogP contribution is -2.49. The Morgan fingerprint density at radius 1 is 1.11 bits per heavy atom. The van der Waals surface area contributed by atoms with Crippen molar-refractivity contribution in [3.63, 3.8) is 0 Å². The zero-order chi connectivity index (χ0) is 20.7. The molecule has 0 bridgehead atoms. The number of ether oxygens (including phenoxy) is 1. The molecule has 2 nitrogen and oxygen atoms in total. The third kappa shape index (κ3) is 3.61. The van der Waals surface area contributed by atoms with E-state index in [4.69, 9.17) is 4.74 Å². The minimum Gasteiger partial charge on any atom is -0.466 e. The van der Waals surface area contributed by atoms with Crippen LogP contribution in [-0.4, -0.2) is 13.1 Å². The Balaban J connectivity index is 1.91. The van der Waals surface area contributed by atoms with Gasteiger partial charge in [-0.2, -0.15) is 0 Å². The van der Waals surface area contributed by atoms with E-state index in [9.17, 15) is 4.79 Å². The maximum absolute atomic E-state index is 11.6. The molecule has 0 aromatic carbocycles. The smallest absolute Gasteiger partial charge is 0.330 e. The van der Waals surface area contributed by atoms with Gasteiger partial charge in [-0.3, -0.25) is 0 Å². The molecular formula is C26H42O2. The van der Waals surface area contributed by atoms with Gasteiger partial charge in [0.15, 0.2) is 0 Å². The van der Waals surface area contributed by atoms with Crippen molar-refractivity contribution in [2.45, 2.75) is 99.3 Å². The molecule has 0 amide bonds. The van der Waals surface area contributed by atoms with Crippen LogP contribution < -0.4 is 0 Å². The predicted octanol–water partition coefficient (Wildman–Crippen LogP) is 7.25. The maximum Gasteiger partial charge on any atom is 0.330 e. The second-order valence-electron chi connectivity index (χ2n) is 11.2. The van der Waals surface area contributed by atoms with E-state index in [0.29, 0.717) is 16.7 Å². The van der Waals surface area contributed by atoms with Crippen LogP contribution in [0, 0.1) is 28.1 Å². The van der Waals surface area contributed by atoms with Gasteiger partial charge in [-0.25, -0.2) is 4.79 Å². The summed E-state index contributed by atoms with van der Waals surface area (Å²) in [5, 5.41) is 0. The largest absolute Gasteiger partial charge is 0.466 e. The summed E-state index contributed by atoms with van der Waals surface area (Å²) in [7, 11) is 1.46.